The van der Waals surface area contributed by atoms with E-state index >= 15 is 0 Å². The maximum Gasteiger partial charge on any atom is 0.306 e. The largest absolute Gasteiger partial charge is 0.462 e. The molecular formula is C75H140O6. The predicted octanol–water partition coefficient (Wildman–Crippen LogP) is 25.1. The molecule has 0 aliphatic heterocycles. The minimum atomic E-state index is -0.770. The zero-order chi connectivity index (χ0) is 58.5. The van der Waals surface area contributed by atoms with Crippen molar-refractivity contribution in [3.8, 4) is 0 Å². The molecule has 0 bridgehead atoms. The molecule has 0 N–H and O–H groups in total. The Kier molecular flexibility index (Phi) is 68.1. The number of hydrogen-bond acceptors (Lipinski definition) is 6. The second-order valence-electron chi connectivity index (χ2n) is 24.9. The van der Waals surface area contributed by atoms with Crippen molar-refractivity contribution < 1.29 is 28.6 Å². The first-order valence-corrected chi connectivity index (χ1v) is 36.5. The lowest BCUT2D eigenvalue weighted by Crippen LogP contribution is -2.30. The van der Waals surface area contributed by atoms with Gasteiger partial charge >= 0.3 is 17.9 Å². The van der Waals surface area contributed by atoms with Crippen molar-refractivity contribution in [1.82, 2.24) is 0 Å². The third kappa shape index (κ3) is 68.3. The summed E-state index contributed by atoms with van der Waals surface area (Å²) < 4.78 is 17.0. The van der Waals surface area contributed by atoms with Crippen molar-refractivity contribution in [2.24, 2.45) is 0 Å². The standard InChI is InChI=1S/C75H140O6/c1-4-7-10-13-16-19-22-25-27-29-31-32-33-34-35-36-37-38-39-40-41-42-44-45-47-50-53-56-59-62-65-68-74(77)80-71-72(70-79-73(76)67-64-61-58-55-52-49-24-21-18-15-12-9-6-3)81-75(78)69-66-63-60-57-54-51-48-46-43-30-28-26-23-20-17-14-11-8-5-2/h22,25-26,28-29,31,72H,4-21,23-24,27,30,32-71H2,1-3H3/b25-22-,28-26-,31-29-. The summed E-state index contributed by atoms with van der Waals surface area (Å²) in [5.41, 5.74) is 0. The van der Waals surface area contributed by atoms with Gasteiger partial charge < -0.3 is 14.2 Å². The highest BCUT2D eigenvalue weighted by Gasteiger charge is 2.19. The molecule has 0 aromatic rings. The fourth-order valence-electron chi connectivity index (χ4n) is 11.1. The van der Waals surface area contributed by atoms with Crippen LogP contribution >= 0.6 is 0 Å². The molecule has 0 aliphatic carbocycles. The Labute approximate surface area is 506 Å². The van der Waals surface area contributed by atoms with E-state index in [1.165, 1.54) is 302 Å². The van der Waals surface area contributed by atoms with Gasteiger partial charge in [0.05, 0.1) is 0 Å². The van der Waals surface area contributed by atoms with Crippen molar-refractivity contribution in [3.05, 3.63) is 36.5 Å². The van der Waals surface area contributed by atoms with Crippen LogP contribution in [0, 0.1) is 0 Å². The number of ether oxygens (including phenoxy) is 3. The van der Waals surface area contributed by atoms with Gasteiger partial charge in [-0.15, -0.1) is 0 Å². The molecule has 0 aromatic carbocycles. The molecule has 0 aromatic heterocycles. The quantitative estimate of drug-likeness (QED) is 0.0261. The van der Waals surface area contributed by atoms with Gasteiger partial charge in [0.1, 0.15) is 13.2 Å². The topological polar surface area (TPSA) is 78.9 Å². The van der Waals surface area contributed by atoms with E-state index in [0.717, 1.165) is 64.2 Å². The number of carbonyl (C=O) groups is 3. The molecule has 0 saturated carbocycles. The maximum atomic E-state index is 12.9. The van der Waals surface area contributed by atoms with E-state index in [9.17, 15) is 14.4 Å². The van der Waals surface area contributed by atoms with Gasteiger partial charge in [-0.25, -0.2) is 0 Å². The molecular weight excluding hydrogens is 997 g/mol. The zero-order valence-electron chi connectivity index (χ0n) is 54.8. The fourth-order valence-corrected chi connectivity index (χ4v) is 11.1. The summed E-state index contributed by atoms with van der Waals surface area (Å²) in [4.78, 5) is 38.4. The Bertz CT molecular complexity index is 1350. The smallest absolute Gasteiger partial charge is 0.306 e. The highest BCUT2D eigenvalue weighted by Crippen LogP contribution is 2.19. The second-order valence-corrected chi connectivity index (χ2v) is 24.9. The summed E-state index contributed by atoms with van der Waals surface area (Å²) >= 11 is 0. The van der Waals surface area contributed by atoms with Crippen molar-refractivity contribution >= 4 is 17.9 Å². The van der Waals surface area contributed by atoms with Crippen LogP contribution in [0.1, 0.15) is 406 Å². The number of hydrogen-bond donors (Lipinski definition) is 0. The molecule has 0 saturated heterocycles. The van der Waals surface area contributed by atoms with Crippen LogP contribution < -0.4 is 0 Å². The molecule has 0 rings (SSSR count). The van der Waals surface area contributed by atoms with E-state index < -0.39 is 6.10 Å². The first-order valence-electron chi connectivity index (χ1n) is 36.5. The molecule has 0 radical (unpaired) electrons. The number of carbonyl (C=O) groups excluding carboxylic acids is 3. The summed E-state index contributed by atoms with van der Waals surface area (Å²) in [6.45, 7) is 6.70. The van der Waals surface area contributed by atoms with Crippen LogP contribution in [0.5, 0.6) is 0 Å². The fraction of sp³-hybridized carbons (Fsp3) is 0.880. The van der Waals surface area contributed by atoms with Crippen LogP contribution in [0.2, 0.25) is 0 Å². The summed E-state index contributed by atoms with van der Waals surface area (Å²) in [6, 6.07) is 0. The summed E-state index contributed by atoms with van der Waals surface area (Å²) in [6.07, 6.45) is 87.6. The monoisotopic (exact) mass is 1140 g/mol. The van der Waals surface area contributed by atoms with Gasteiger partial charge in [-0.2, -0.15) is 0 Å². The molecule has 1 atom stereocenters. The Hall–Kier alpha value is -2.37. The Morgan fingerprint density at radius 3 is 0.691 bits per heavy atom. The van der Waals surface area contributed by atoms with E-state index in [2.05, 4.69) is 57.2 Å². The van der Waals surface area contributed by atoms with Crippen LogP contribution in [-0.2, 0) is 28.6 Å². The lowest BCUT2D eigenvalue weighted by atomic mass is 10.0. The van der Waals surface area contributed by atoms with Gasteiger partial charge in [-0.1, -0.05) is 346 Å². The zero-order valence-corrected chi connectivity index (χ0v) is 54.8. The van der Waals surface area contributed by atoms with Gasteiger partial charge in [0.25, 0.3) is 0 Å². The Morgan fingerprint density at radius 1 is 0.247 bits per heavy atom. The Balaban J connectivity index is 4.15. The van der Waals surface area contributed by atoms with Crippen LogP contribution in [0.25, 0.3) is 0 Å². The molecule has 81 heavy (non-hydrogen) atoms. The first-order chi connectivity index (χ1) is 40.0. The van der Waals surface area contributed by atoms with Gasteiger partial charge in [-0.3, -0.25) is 14.4 Å². The number of allylic oxidation sites excluding steroid dienone is 6. The lowest BCUT2D eigenvalue weighted by Gasteiger charge is -2.18. The summed E-state index contributed by atoms with van der Waals surface area (Å²) in [7, 11) is 0. The van der Waals surface area contributed by atoms with Gasteiger partial charge in [0.2, 0.25) is 0 Å². The number of esters is 3. The molecule has 0 heterocycles. The van der Waals surface area contributed by atoms with E-state index in [4.69, 9.17) is 14.2 Å². The minimum absolute atomic E-state index is 0.0665. The van der Waals surface area contributed by atoms with Gasteiger partial charge in [-0.05, 0) is 77.0 Å². The number of rotatable bonds is 68. The molecule has 6 heteroatoms. The molecule has 1 unspecified atom stereocenters. The van der Waals surface area contributed by atoms with Crippen LogP contribution in [0.4, 0.5) is 0 Å². The van der Waals surface area contributed by atoms with Crippen LogP contribution in [0.15, 0.2) is 36.5 Å². The summed E-state index contributed by atoms with van der Waals surface area (Å²) in [5, 5.41) is 0. The van der Waals surface area contributed by atoms with E-state index in [1.54, 1.807) is 0 Å². The molecule has 6 nitrogen and oxygen atoms in total. The van der Waals surface area contributed by atoms with Crippen LogP contribution in [0.3, 0.4) is 0 Å². The first kappa shape index (κ1) is 78.6. The molecule has 0 amide bonds. The highest BCUT2D eigenvalue weighted by molar-refractivity contribution is 5.71. The SMILES string of the molecule is CCCCCCC/C=C\C/C=C\CCCCCCCCCCCCCCCCCCCCCC(=O)OCC(COC(=O)CCCCCCCCCCCCCCC)OC(=O)CCCCCCCCCCC/C=C\CCCCCCCC. The van der Waals surface area contributed by atoms with E-state index in [0.29, 0.717) is 19.3 Å². The maximum absolute atomic E-state index is 12.9. The molecule has 476 valence electrons. The van der Waals surface area contributed by atoms with Crippen LogP contribution in [-0.4, -0.2) is 37.2 Å². The third-order valence-corrected chi connectivity index (χ3v) is 16.6. The van der Waals surface area contributed by atoms with E-state index in [1.807, 2.05) is 0 Å². The van der Waals surface area contributed by atoms with Crippen molar-refractivity contribution in [3.63, 3.8) is 0 Å². The number of unbranched alkanes of at least 4 members (excludes halogenated alkanes) is 51. The van der Waals surface area contributed by atoms with Crippen molar-refractivity contribution in [2.75, 3.05) is 13.2 Å². The molecule has 0 spiro atoms. The average molecular weight is 1140 g/mol. The van der Waals surface area contributed by atoms with Crippen molar-refractivity contribution in [1.29, 1.82) is 0 Å². The molecule has 0 aliphatic rings. The predicted molar refractivity (Wildman–Crippen MR) is 353 cm³/mol. The van der Waals surface area contributed by atoms with Gasteiger partial charge in [0, 0.05) is 19.3 Å². The lowest BCUT2D eigenvalue weighted by molar-refractivity contribution is -0.167. The highest BCUT2D eigenvalue weighted by atomic mass is 16.6. The summed E-state index contributed by atoms with van der Waals surface area (Å²) in [5.74, 6) is -0.838. The average Bonchev–Trinajstić information content (AvgIpc) is 3.46. The van der Waals surface area contributed by atoms with Crippen molar-refractivity contribution in [2.45, 2.75) is 412 Å². The Morgan fingerprint density at radius 2 is 0.444 bits per heavy atom. The minimum Gasteiger partial charge on any atom is -0.462 e. The third-order valence-electron chi connectivity index (χ3n) is 16.6. The van der Waals surface area contributed by atoms with E-state index in [-0.39, 0.29) is 31.1 Å². The van der Waals surface area contributed by atoms with Gasteiger partial charge in [0.15, 0.2) is 6.10 Å². The normalized spacial score (nSPS) is 12.2. The molecule has 0 fully saturated rings. The second kappa shape index (κ2) is 70.1.